The minimum atomic E-state index is -0.0297. The molecule has 28 heavy (non-hydrogen) atoms. The fraction of sp³-hybridized carbons (Fsp3) is 0.136. The summed E-state index contributed by atoms with van der Waals surface area (Å²) in [6.07, 6.45) is 3.63. The first-order valence-electron chi connectivity index (χ1n) is 8.87. The molecule has 5 nitrogen and oxygen atoms in total. The number of nitrogens with zero attached hydrogens (tertiary/aromatic N) is 4. The molecule has 0 radical (unpaired) electrons. The van der Waals surface area contributed by atoms with E-state index in [1.165, 1.54) is 0 Å². The fourth-order valence-corrected chi connectivity index (χ4v) is 3.70. The van der Waals surface area contributed by atoms with E-state index in [2.05, 4.69) is 37.0 Å². The average Bonchev–Trinajstić information content (AvgIpc) is 3.02. The molecule has 3 heterocycles. The van der Waals surface area contributed by atoms with Crippen LogP contribution in [0.4, 0.5) is 0 Å². The van der Waals surface area contributed by atoms with Crippen LogP contribution in [-0.4, -0.2) is 19.1 Å². The second-order valence-electron chi connectivity index (χ2n) is 6.70. The molecule has 0 fully saturated rings. The Labute approximate surface area is 171 Å². The fourth-order valence-electron chi connectivity index (χ4n) is 3.32. The Morgan fingerprint density at radius 1 is 1.18 bits per heavy atom. The molecule has 0 N–H and O–H groups in total. The first kappa shape index (κ1) is 18.4. The predicted molar refractivity (Wildman–Crippen MR) is 115 cm³/mol. The van der Waals surface area contributed by atoms with Gasteiger partial charge in [0, 0.05) is 29.8 Å². The van der Waals surface area contributed by atoms with E-state index in [-0.39, 0.29) is 5.43 Å². The van der Waals surface area contributed by atoms with Crippen LogP contribution in [0.5, 0.6) is 0 Å². The maximum absolute atomic E-state index is 13.2. The van der Waals surface area contributed by atoms with Crippen LogP contribution < -0.4 is 5.43 Å². The molecule has 0 saturated heterocycles. The van der Waals surface area contributed by atoms with Gasteiger partial charge in [0.2, 0.25) is 0 Å². The van der Waals surface area contributed by atoms with E-state index in [1.807, 2.05) is 67.2 Å². The van der Waals surface area contributed by atoms with Crippen molar-refractivity contribution >= 4 is 32.4 Å². The summed E-state index contributed by atoms with van der Waals surface area (Å²) in [5.74, 6) is 0.871. The molecule has 1 aromatic carbocycles. The molecule has 140 valence electrons. The number of rotatable bonds is 4. The van der Waals surface area contributed by atoms with E-state index >= 15 is 0 Å². The Hall–Kier alpha value is -2.99. The molecule has 0 aliphatic carbocycles. The number of fused-ring (bicyclic) bond motifs is 1. The Kier molecular flexibility index (Phi) is 4.73. The number of hydrogen-bond donors (Lipinski definition) is 0. The van der Waals surface area contributed by atoms with Crippen LogP contribution in [-0.2, 0) is 13.6 Å². The molecule has 6 heteroatoms. The Bertz CT molecular complexity index is 1270. The highest BCUT2D eigenvalue weighted by atomic mass is 79.9. The third kappa shape index (κ3) is 3.20. The number of halogens is 1. The molecular weight excluding hydrogens is 416 g/mol. The average molecular weight is 435 g/mol. The van der Waals surface area contributed by atoms with Crippen LogP contribution in [0.1, 0.15) is 22.8 Å². The van der Waals surface area contributed by atoms with E-state index in [9.17, 15) is 4.79 Å². The van der Waals surface area contributed by atoms with Gasteiger partial charge in [-0.05, 0) is 47.1 Å². The summed E-state index contributed by atoms with van der Waals surface area (Å²) in [6.45, 7) is 6.67. The number of para-hydroxylation sites is 1. The van der Waals surface area contributed by atoms with Gasteiger partial charge in [-0.1, -0.05) is 24.8 Å². The van der Waals surface area contributed by atoms with Crippen molar-refractivity contribution in [1.82, 2.24) is 19.1 Å². The van der Waals surface area contributed by atoms with Crippen LogP contribution in [0, 0.1) is 6.92 Å². The Morgan fingerprint density at radius 2 is 1.96 bits per heavy atom. The molecule has 4 aromatic rings. The molecule has 0 aliphatic rings. The molecule has 0 aliphatic heterocycles. The molecule has 0 bridgehead atoms. The topological polar surface area (TPSA) is 52.7 Å². The zero-order valence-corrected chi connectivity index (χ0v) is 17.3. The van der Waals surface area contributed by atoms with Gasteiger partial charge in [0.15, 0.2) is 5.43 Å². The minimum absolute atomic E-state index is 0.0297. The lowest BCUT2D eigenvalue weighted by atomic mass is 10.0. The van der Waals surface area contributed by atoms with Gasteiger partial charge in [0.1, 0.15) is 10.4 Å². The summed E-state index contributed by atoms with van der Waals surface area (Å²) in [5.41, 5.74) is 3.80. The van der Waals surface area contributed by atoms with E-state index in [0.29, 0.717) is 23.1 Å². The minimum Gasteiger partial charge on any atom is -0.341 e. The van der Waals surface area contributed by atoms with Gasteiger partial charge in [-0.15, -0.1) is 0 Å². The molecule has 0 unspecified atom stereocenters. The highest BCUT2D eigenvalue weighted by Gasteiger charge is 2.16. The summed E-state index contributed by atoms with van der Waals surface area (Å²) >= 11 is 3.42. The molecule has 0 atom stereocenters. The van der Waals surface area contributed by atoms with Gasteiger partial charge in [-0.3, -0.25) is 4.79 Å². The second kappa shape index (κ2) is 7.20. The van der Waals surface area contributed by atoms with Crippen molar-refractivity contribution in [2.45, 2.75) is 13.5 Å². The lowest BCUT2D eigenvalue weighted by Crippen LogP contribution is -2.16. The SMILES string of the molecule is C=C(c1cn(Cc2cccc(Br)n2)c2ccccc2c1=O)c1cnc(C)n1C. The van der Waals surface area contributed by atoms with Crippen LogP contribution in [0.3, 0.4) is 0 Å². The second-order valence-corrected chi connectivity index (χ2v) is 7.51. The lowest BCUT2D eigenvalue weighted by molar-refractivity contribution is 0.793. The third-order valence-electron chi connectivity index (χ3n) is 4.95. The van der Waals surface area contributed by atoms with Crippen molar-refractivity contribution in [2.75, 3.05) is 0 Å². The molecule has 3 aromatic heterocycles. The van der Waals surface area contributed by atoms with Crippen LogP contribution in [0.2, 0.25) is 0 Å². The van der Waals surface area contributed by atoms with Gasteiger partial charge >= 0.3 is 0 Å². The summed E-state index contributed by atoms with van der Waals surface area (Å²) in [6, 6.07) is 13.4. The number of hydrogen-bond acceptors (Lipinski definition) is 3. The monoisotopic (exact) mass is 434 g/mol. The van der Waals surface area contributed by atoms with E-state index in [0.717, 1.165) is 27.3 Å². The predicted octanol–water partition coefficient (Wildman–Crippen LogP) is 4.31. The van der Waals surface area contributed by atoms with E-state index in [1.54, 1.807) is 6.20 Å². The normalized spacial score (nSPS) is 11.1. The molecular formula is C22H19BrN4O. The largest absolute Gasteiger partial charge is 0.341 e. The zero-order chi connectivity index (χ0) is 19.8. The number of aromatic nitrogens is 4. The van der Waals surface area contributed by atoms with Crippen molar-refractivity contribution in [1.29, 1.82) is 0 Å². The summed E-state index contributed by atoms with van der Waals surface area (Å²) in [4.78, 5) is 22.1. The molecule has 0 saturated carbocycles. The van der Waals surface area contributed by atoms with E-state index in [4.69, 9.17) is 0 Å². The third-order valence-corrected chi connectivity index (χ3v) is 5.39. The lowest BCUT2D eigenvalue weighted by Gasteiger charge is -2.15. The maximum Gasteiger partial charge on any atom is 0.197 e. The standard InChI is InChI=1S/C22H19BrN4O/c1-14(20-11-24-15(2)26(20)3)18-13-27(12-16-7-6-10-21(23)25-16)19-9-5-4-8-17(19)22(18)28/h4-11,13H,1,12H2,2-3H3. The number of imidazole rings is 1. The molecule has 0 amide bonds. The first-order valence-corrected chi connectivity index (χ1v) is 9.66. The van der Waals surface area contributed by atoms with Crippen molar-refractivity contribution < 1.29 is 0 Å². The zero-order valence-electron chi connectivity index (χ0n) is 15.7. The maximum atomic E-state index is 13.2. The van der Waals surface area contributed by atoms with Crippen molar-refractivity contribution in [2.24, 2.45) is 7.05 Å². The summed E-state index contributed by atoms with van der Waals surface area (Å²) in [5, 5.41) is 0.662. The van der Waals surface area contributed by atoms with Gasteiger partial charge in [-0.2, -0.15) is 0 Å². The first-order chi connectivity index (χ1) is 13.5. The number of benzene rings is 1. The van der Waals surface area contributed by atoms with Gasteiger partial charge in [-0.25, -0.2) is 9.97 Å². The quantitative estimate of drug-likeness (QED) is 0.449. The Balaban J connectivity index is 1.90. The molecule has 4 rings (SSSR count). The van der Waals surface area contributed by atoms with Gasteiger partial charge in [0.25, 0.3) is 0 Å². The summed E-state index contributed by atoms with van der Waals surface area (Å²) in [7, 11) is 1.92. The van der Waals surface area contributed by atoms with Crippen molar-refractivity contribution in [3.63, 3.8) is 0 Å². The number of aryl methyl sites for hydroxylation is 1. The van der Waals surface area contributed by atoms with Gasteiger partial charge in [0.05, 0.1) is 29.6 Å². The molecule has 0 spiro atoms. The summed E-state index contributed by atoms with van der Waals surface area (Å²) < 4.78 is 4.78. The van der Waals surface area contributed by atoms with Gasteiger partial charge < -0.3 is 9.13 Å². The number of pyridine rings is 2. The van der Waals surface area contributed by atoms with Crippen LogP contribution in [0.15, 0.2) is 70.8 Å². The van der Waals surface area contributed by atoms with E-state index < -0.39 is 0 Å². The van der Waals surface area contributed by atoms with Crippen molar-refractivity contribution in [3.8, 4) is 0 Å². The highest BCUT2D eigenvalue weighted by Crippen LogP contribution is 2.23. The Morgan fingerprint density at radius 3 is 2.68 bits per heavy atom. The van der Waals surface area contributed by atoms with Crippen LogP contribution >= 0.6 is 15.9 Å². The van der Waals surface area contributed by atoms with Crippen molar-refractivity contribution in [3.05, 3.63) is 99.0 Å². The smallest absolute Gasteiger partial charge is 0.197 e. The van der Waals surface area contributed by atoms with Crippen LogP contribution in [0.25, 0.3) is 16.5 Å². The highest BCUT2D eigenvalue weighted by molar-refractivity contribution is 9.10.